The molecule has 0 amide bonds. The zero-order chi connectivity index (χ0) is 24.5. The van der Waals surface area contributed by atoms with Crippen LogP contribution < -0.4 is 0 Å². The van der Waals surface area contributed by atoms with Gasteiger partial charge in [-0.1, -0.05) is 0 Å². The van der Waals surface area contributed by atoms with Crippen molar-refractivity contribution in [3.8, 4) is 0 Å². The Morgan fingerprint density at radius 2 is 1.12 bits per heavy atom. The molecule has 0 spiro atoms. The molecule has 0 aromatic heterocycles. The summed E-state index contributed by atoms with van der Waals surface area (Å²) in [6.45, 7) is 19.8. The molecule has 0 bridgehead atoms. The number of hydrogen-bond acceptors (Lipinski definition) is 0. The molecule has 3 aliphatic heterocycles. The summed E-state index contributed by atoms with van der Waals surface area (Å²) in [5, 5.41) is 3.19. The molecule has 0 nitrogen and oxygen atoms in total. The summed E-state index contributed by atoms with van der Waals surface area (Å²) in [5.74, 6) is 0.547. The van der Waals surface area contributed by atoms with E-state index in [1.165, 1.54) is 15.9 Å². The summed E-state index contributed by atoms with van der Waals surface area (Å²) in [7, 11) is 3.15. The monoisotopic (exact) mass is 519 g/mol. The van der Waals surface area contributed by atoms with E-state index in [0.717, 1.165) is 0 Å². The molecule has 3 unspecified atom stereocenters. The van der Waals surface area contributed by atoms with Crippen LogP contribution in [0.15, 0.2) is 83.0 Å². The summed E-state index contributed by atoms with van der Waals surface area (Å²) in [5.41, 5.74) is 9.53. The maximum atomic E-state index is 2.67. The van der Waals surface area contributed by atoms with Crippen LogP contribution in [0.3, 0.4) is 0 Å². The van der Waals surface area contributed by atoms with Crippen LogP contribution in [0, 0.1) is 0 Å². The van der Waals surface area contributed by atoms with E-state index in [4.69, 9.17) is 0 Å². The van der Waals surface area contributed by atoms with E-state index in [2.05, 4.69) is 116 Å². The van der Waals surface area contributed by atoms with E-state index in [-0.39, 0.29) is 6.92 Å². The first-order chi connectivity index (χ1) is 16.1. The number of rotatable bonds is 4. The van der Waals surface area contributed by atoms with E-state index in [1.54, 1.807) is 49.3 Å². The van der Waals surface area contributed by atoms with Crippen LogP contribution in [0.25, 0.3) is 0 Å². The minimum atomic E-state index is -2.85. The molecule has 3 heterocycles. The van der Waals surface area contributed by atoms with Crippen molar-refractivity contribution < 1.29 is 16.1 Å². The molecular formula is C31H37P2Ti. The average molecular weight is 519 g/mol. The summed E-state index contributed by atoms with van der Waals surface area (Å²) < 4.78 is 3.76. The molecular weight excluding hydrogens is 482 g/mol. The fraction of sp³-hybridized carbons (Fsp3) is 0.387. The van der Waals surface area contributed by atoms with Crippen LogP contribution in [0.2, 0.25) is 4.73 Å². The molecule has 0 aliphatic carbocycles. The molecule has 34 heavy (non-hydrogen) atoms. The van der Waals surface area contributed by atoms with Crippen LogP contribution in [0.5, 0.6) is 0 Å². The number of hydrogen-bond donors (Lipinski definition) is 0. The second-order valence-electron chi connectivity index (χ2n) is 10.9. The van der Waals surface area contributed by atoms with Gasteiger partial charge in [-0.15, -0.1) is 0 Å². The second-order valence-corrected chi connectivity index (χ2v) is 23.2. The van der Waals surface area contributed by atoms with Gasteiger partial charge in [0.05, 0.1) is 0 Å². The summed E-state index contributed by atoms with van der Waals surface area (Å²) >= 11 is -2.85. The molecule has 0 N–H and O–H groups in total. The van der Waals surface area contributed by atoms with Crippen molar-refractivity contribution in [3.63, 3.8) is 0 Å². The van der Waals surface area contributed by atoms with Crippen LogP contribution >= 0.6 is 16.4 Å². The van der Waals surface area contributed by atoms with Crippen molar-refractivity contribution in [1.29, 1.82) is 0 Å². The van der Waals surface area contributed by atoms with Gasteiger partial charge in [0.1, 0.15) is 0 Å². The predicted octanol–water partition coefficient (Wildman–Crippen LogP) is 8.99. The van der Waals surface area contributed by atoms with Crippen molar-refractivity contribution >= 4 is 30.8 Å². The topological polar surface area (TPSA) is 0 Å². The van der Waals surface area contributed by atoms with Crippen LogP contribution in [0.4, 0.5) is 0 Å². The zero-order valence-electron chi connectivity index (χ0n) is 22.0. The fourth-order valence-electron chi connectivity index (χ4n) is 7.23. The first-order valence-electron chi connectivity index (χ1n) is 12.6. The quantitative estimate of drug-likeness (QED) is 0.279. The molecule has 3 aliphatic rings. The summed E-state index contributed by atoms with van der Waals surface area (Å²) in [6, 6.07) is 22.9. The Morgan fingerprint density at radius 1 is 0.676 bits per heavy atom. The Morgan fingerprint density at radius 3 is 1.53 bits per heavy atom. The van der Waals surface area contributed by atoms with Gasteiger partial charge in [-0.3, -0.25) is 0 Å². The molecule has 0 saturated heterocycles. The van der Waals surface area contributed by atoms with Crippen molar-refractivity contribution in [1.82, 2.24) is 0 Å². The van der Waals surface area contributed by atoms with Crippen LogP contribution in [-0.4, -0.2) is 21.3 Å². The summed E-state index contributed by atoms with van der Waals surface area (Å²) in [6.07, 6.45) is 0. The Bertz CT molecular complexity index is 1300. The third kappa shape index (κ3) is 3.12. The van der Waals surface area contributed by atoms with Crippen molar-refractivity contribution in [2.45, 2.75) is 73.0 Å². The second kappa shape index (κ2) is 8.46. The first kappa shape index (κ1) is 24.5. The molecule has 175 valence electrons. The van der Waals surface area contributed by atoms with Gasteiger partial charge in [-0.25, -0.2) is 0 Å². The Balaban J connectivity index is 1.95. The zero-order valence-corrected chi connectivity index (χ0v) is 25.3. The molecule has 5 rings (SSSR count). The molecule has 2 aromatic rings. The maximum absolute atomic E-state index is 2.85. The Labute approximate surface area is 213 Å². The van der Waals surface area contributed by atoms with Gasteiger partial charge in [0.2, 0.25) is 0 Å². The van der Waals surface area contributed by atoms with Gasteiger partial charge >= 0.3 is 214 Å². The van der Waals surface area contributed by atoms with Gasteiger partial charge in [0, 0.05) is 0 Å². The van der Waals surface area contributed by atoms with Crippen LogP contribution in [0.1, 0.15) is 72.4 Å². The molecule has 3 heteroatoms. The normalized spacial score (nSPS) is 34.2. The molecule has 0 fully saturated rings. The van der Waals surface area contributed by atoms with Gasteiger partial charge < -0.3 is 0 Å². The van der Waals surface area contributed by atoms with E-state index in [9.17, 15) is 0 Å². The van der Waals surface area contributed by atoms with E-state index in [1.807, 2.05) is 3.81 Å². The van der Waals surface area contributed by atoms with Crippen LogP contribution in [-0.2, 0) is 16.1 Å². The minimum absolute atomic E-state index is 0.262. The van der Waals surface area contributed by atoms with Gasteiger partial charge in [-0.05, 0) is 0 Å². The molecule has 0 saturated carbocycles. The van der Waals surface area contributed by atoms with Crippen molar-refractivity contribution in [2.75, 3.05) is 0 Å². The number of benzene rings is 2. The van der Waals surface area contributed by atoms with E-state index in [0.29, 0.717) is 5.92 Å². The SMILES string of the molecule is CC1=P[C](C)([Ti]2([C]3(C)P=C(C)C(C)=C3C)=[C](c3ccccc3)C(c3ccccc3)[CH2]2)C(C)=C1C. The third-order valence-electron chi connectivity index (χ3n) is 9.72. The van der Waals surface area contributed by atoms with E-state index < -0.39 is 16.1 Å². The molecule has 2 aromatic carbocycles. The fourth-order valence-corrected chi connectivity index (χ4v) is 28.3. The molecule has 3 atom stereocenters. The number of allylic oxidation sites excluding steroid dienone is 4. The van der Waals surface area contributed by atoms with Gasteiger partial charge in [0.25, 0.3) is 0 Å². The van der Waals surface area contributed by atoms with Gasteiger partial charge in [-0.2, -0.15) is 0 Å². The first-order valence-corrected chi connectivity index (χ1v) is 17.8. The average Bonchev–Trinajstić information content (AvgIpc) is 3.13. The van der Waals surface area contributed by atoms with Gasteiger partial charge in [0.15, 0.2) is 0 Å². The summed E-state index contributed by atoms with van der Waals surface area (Å²) in [4.78, 5) is 0. The predicted molar refractivity (Wildman–Crippen MR) is 153 cm³/mol. The Hall–Kier alpha value is -1.16. The Kier molecular flexibility index (Phi) is 6.10. The van der Waals surface area contributed by atoms with Crippen molar-refractivity contribution in [3.05, 3.63) is 94.1 Å². The standard InChI is InChI=1S/C15H13.2C8H12P.Ti/c1-13(15-10-6-3-7-11-15)12-14-8-4-2-5-9-14;2*1-5-6(2)8(4)9-7(5)3;/h2-11,13H,1H2;2*1-4H3;. The van der Waals surface area contributed by atoms with E-state index >= 15 is 0 Å². The van der Waals surface area contributed by atoms with Crippen molar-refractivity contribution in [2.24, 2.45) is 0 Å². The molecule has 0 radical (unpaired) electrons. The third-order valence-corrected chi connectivity index (χ3v) is 27.2.